The molecule has 2 rings (SSSR count). The van der Waals surface area contributed by atoms with Crippen LogP contribution in [0, 0.1) is 5.92 Å². The number of rotatable bonds is 3. The van der Waals surface area contributed by atoms with Gasteiger partial charge in [-0.3, -0.25) is 0 Å². The van der Waals surface area contributed by atoms with E-state index in [1.165, 1.54) is 10.9 Å². The molecule has 0 aliphatic carbocycles. The molecular formula is C13H15BrN2O2. The molecule has 0 atom stereocenters. The lowest BCUT2D eigenvalue weighted by atomic mass is 10.2. The van der Waals surface area contributed by atoms with Crippen molar-refractivity contribution >= 4 is 33.1 Å². The van der Waals surface area contributed by atoms with Gasteiger partial charge in [0.25, 0.3) is 0 Å². The van der Waals surface area contributed by atoms with Gasteiger partial charge in [0.05, 0.1) is 17.6 Å². The molecule has 18 heavy (non-hydrogen) atoms. The Morgan fingerprint density at radius 2 is 2.28 bits per heavy atom. The second-order valence-corrected chi connectivity index (χ2v) is 5.06. The Morgan fingerprint density at radius 1 is 1.50 bits per heavy atom. The van der Waals surface area contributed by atoms with Gasteiger partial charge in [0.15, 0.2) is 0 Å². The number of aromatic nitrogens is 2. The monoisotopic (exact) mass is 310 g/mol. The van der Waals surface area contributed by atoms with Crippen molar-refractivity contribution in [3.05, 3.63) is 30.1 Å². The maximum atomic E-state index is 11.9. The summed E-state index contributed by atoms with van der Waals surface area (Å²) in [6.07, 6.45) is 1.14. The SMILES string of the molecule is CC(C)COC(=O)n1cnc2c(CBr)cccc21. The van der Waals surface area contributed by atoms with Crippen LogP contribution < -0.4 is 0 Å². The molecule has 0 unspecified atom stereocenters. The summed E-state index contributed by atoms with van der Waals surface area (Å²) in [7, 11) is 0. The number of fused-ring (bicyclic) bond motifs is 1. The highest BCUT2D eigenvalue weighted by Crippen LogP contribution is 2.19. The van der Waals surface area contributed by atoms with Crippen LogP contribution in [0.5, 0.6) is 0 Å². The molecule has 0 aliphatic heterocycles. The van der Waals surface area contributed by atoms with Crippen LogP contribution in [0.15, 0.2) is 24.5 Å². The van der Waals surface area contributed by atoms with Crippen molar-refractivity contribution in [2.75, 3.05) is 6.61 Å². The summed E-state index contributed by atoms with van der Waals surface area (Å²) in [4.78, 5) is 16.2. The number of ether oxygens (including phenoxy) is 1. The van der Waals surface area contributed by atoms with E-state index in [-0.39, 0.29) is 6.09 Å². The second-order valence-electron chi connectivity index (χ2n) is 4.50. The molecule has 2 aromatic rings. The lowest BCUT2D eigenvalue weighted by Gasteiger charge is -2.07. The van der Waals surface area contributed by atoms with Crippen LogP contribution in [0.3, 0.4) is 0 Å². The molecule has 0 radical (unpaired) electrons. The molecule has 0 bridgehead atoms. The number of halogens is 1. The molecule has 0 spiro atoms. The first-order valence-corrected chi connectivity index (χ1v) is 6.93. The minimum atomic E-state index is -0.377. The molecular weight excluding hydrogens is 296 g/mol. The number of imidazole rings is 1. The first kappa shape index (κ1) is 13.1. The maximum absolute atomic E-state index is 11.9. The number of nitrogens with zero attached hydrogens (tertiary/aromatic N) is 2. The van der Waals surface area contributed by atoms with E-state index in [1.54, 1.807) is 0 Å². The summed E-state index contributed by atoms with van der Waals surface area (Å²) >= 11 is 3.41. The van der Waals surface area contributed by atoms with Gasteiger partial charge in [0, 0.05) is 5.33 Å². The summed E-state index contributed by atoms with van der Waals surface area (Å²) < 4.78 is 6.65. The zero-order chi connectivity index (χ0) is 13.1. The molecule has 1 aromatic carbocycles. The average molecular weight is 311 g/mol. The van der Waals surface area contributed by atoms with Gasteiger partial charge in [-0.1, -0.05) is 41.9 Å². The Morgan fingerprint density at radius 3 is 2.94 bits per heavy atom. The number of hydrogen-bond donors (Lipinski definition) is 0. The first-order valence-electron chi connectivity index (χ1n) is 5.81. The van der Waals surface area contributed by atoms with Crippen molar-refractivity contribution in [1.29, 1.82) is 0 Å². The van der Waals surface area contributed by atoms with Crippen LogP contribution in [0.25, 0.3) is 11.0 Å². The molecule has 0 amide bonds. The molecule has 1 aromatic heterocycles. The Balaban J connectivity index is 2.32. The lowest BCUT2D eigenvalue weighted by Crippen LogP contribution is -2.15. The second kappa shape index (κ2) is 5.52. The van der Waals surface area contributed by atoms with Crippen molar-refractivity contribution in [2.45, 2.75) is 19.2 Å². The molecule has 96 valence electrons. The van der Waals surface area contributed by atoms with Crippen LogP contribution in [0.4, 0.5) is 4.79 Å². The molecule has 0 aliphatic rings. The predicted octanol–water partition coefficient (Wildman–Crippen LogP) is 3.57. The highest BCUT2D eigenvalue weighted by Gasteiger charge is 2.13. The van der Waals surface area contributed by atoms with Gasteiger partial charge in [0.2, 0.25) is 0 Å². The smallest absolute Gasteiger partial charge is 0.419 e. The third-order valence-corrected chi connectivity index (χ3v) is 3.15. The fourth-order valence-electron chi connectivity index (χ4n) is 1.66. The molecule has 5 heteroatoms. The third-order valence-electron chi connectivity index (χ3n) is 2.54. The van der Waals surface area contributed by atoms with Gasteiger partial charge in [0.1, 0.15) is 6.33 Å². The van der Waals surface area contributed by atoms with Crippen molar-refractivity contribution in [1.82, 2.24) is 9.55 Å². The van der Waals surface area contributed by atoms with Crippen LogP contribution in [-0.4, -0.2) is 22.3 Å². The standard InChI is InChI=1S/C13H15BrN2O2/c1-9(2)7-18-13(17)16-8-15-12-10(6-14)4-3-5-11(12)16/h3-5,8-9H,6-7H2,1-2H3. The predicted molar refractivity (Wildman–Crippen MR) is 73.9 cm³/mol. The first-order chi connectivity index (χ1) is 8.63. The van der Waals surface area contributed by atoms with Crippen LogP contribution in [0.1, 0.15) is 19.4 Å². The molecule has 0 saturated heterocycles. The van der Waals surface area contributed by atoms with Crippen molar-refractivity contribution in [2.24, 2.45) is 5.92 Å². The van der Waals surface area contributed by atoms with E-state index < -0.39 is 0 Å². The van der Waals surface area contributed by atoms with Gasteiger partial charge in [-0.25, -0.2) is 14.3 Å². The van der Waals surface area contributed by atoms with Crippen LogP contribution in [0.2, 0.25) is 0 Å². The fourth-order valence-corrected chi connectivity index (χ4v) is 2.11. The van der Waals surface area contributed by atoms with Crippen molar-refractivity contribution in [3.63, 3.8) is 0 Å². The lowest BCUT2D eigenvalue weighted by molar-refractivity contribution is 0.135. The zero-order valence-electron chi connectivity index (χ0n) is 10.4. The highest BCUT2D eigenvalue weighted by atomic mass is 79.9. The van der Waals surface area contributed by atoms with Crippen molar-refractivity contribution < 1.29 is 9.53 Å². The number of carbonyl (C=O) groups excluding carboxylic acids is 1. The van der Waals surface area contributed by atoms with E-state index in [9.17, 15) is 4.79 Å². The maximum Gasteiger partial charge on any atom is 0.419 e. The molecule has 0 saturated carbocycles. The number of benzene rings is 1. The third kappa shape index (κ3) is 2.56. The normalized spacial score (nSPS) is 11.1. The number of para-hydroxylation sites is 1. The van der Waals surface area contributed by atoms with E-state index in [2.05, 4.69) is 20.9 Å². The summed E-state index contributed by atoms with van der Waals surface area (Å²) in [6.45, 7) is 4.42. The quantitative estimate of drug-likeness (QED) is 0.814. The minimum absolute atomic E-state index is 0.321. The topological polar surface area (TPSA) is 44.1 Å². The van der Waals surface area contributed by atoms with E-state index in [0.29, 0.717) is 17.9 Å². The van der Waals surface area contributed by atoms with E-state index in [1.807, 2.05) is 32.0 Å². The Hall–Kier alpha value is -1.36. The van der Waals surface area contributed by atoms with Gasteiger partial charge in [-0.2, -0.15) is 0 Å². The van der Waals surface area contributed by atoms with E-state index in [4.69, 9.17) is 4.74 Å². The molecule has 1 heterocycles. The largest absolute Gasteiger partial charge is 0.449 e. The Kier molecular flexibility index (Phi) is 4.01. The summed E-state index contributed by atoms with van der Waals surface area (Å²) in [6, 6.07) is 5.76. The Bertz CT molecular complexity index is 563. The molecule has 0 fully saturated rings. The number of alkyl halides is 1. The van der Waals surface area contributed by atoms with Crippen LogP contribution in [-0.2, 0) is 10.1 Å². The van der Waals surface area contributed by atoms with Gasteiger partial charge >= 0.3 is 6.09 Å². The fraction of sp³-hybridized carbons (Fsp3) is 0.385. The van der Waals surface area contributed by atoms with Gasteiger partial charge in [-0.15, -0.1) is 0 Å². The minimum Gasteiger partial charge on any atom is -0.449 e. The number of carbonyl (C=O) groups is 1. The average Bonchev–Trinajstić information content (AvgIpc) is 2.79. The highest BCUT2D eigenvalue weighted by molar-refractivity contribution is 9.08. The summed E-state index contributed by atoms with van der Waals surface area (Å²) in [5, 5.41) is 0.711. The van der Waals surface area contributed by atoms with Crippen molar-refractivity contribution in [3.8, 4) is 0 Å². The summed E-state index contributed by atoms with van der Waals surface area (Å²) in [5.41, 5.74) is 2.67. The van der Waals surface area contributed by atoms with Crippen LogP contribution >= 0.6 is 15.9 Å². The van der Waals surface area contributed by atoms with E-state index >= 15 is 0 Å². The van der Waals surface area contributed by atoms with Gasteiger partial charge in [-0.05, 0) is 17.5 Å². The summed E-state index contributed by atoms with van der Waals surface area (Å²) in [5.74, 6) is 0.321. The molecule has 0 N–H and O–H groups in total. The van der Waals surface area contributed by atoms with E-state index in [0.717, 1.165) is 16.6 Å². The molecule has 4 nitrogen and oxygen atoms in total. The number of hydrogen-bond acceptors (Lipinski definition) is 3. The Labute approximate surface area is 114 Å². The van der Waals surface area contributed by atoms with Gasteiger partial charge < -0.3 is 4.74 Å². The zero-order valence-corrected chi connectivity index (χ0v) is 12.0.